The second kappa shape index (κ2) is 6.91. The van der Waals surface area contributed by atoms with Gasteiger partial charge in [-0.2, -0.15) is 0 Å². The Morgan fingerprint density at radius 3 is 2.81 bits per heavy atom. The van der Waals surface area contributed by atoms with Gasteiger partial charge in [-0.15, -0.1) is 0 Å². The maximum Gasteiger partial charge on any atom is 0.0576 e. The summed E-state index contributed by atoms with van der Waals surface area (Å²) in [6.45, 7) is 0.941. The number of benzene rings is 2. The second-order valence-electron chi connectivity index (χ2n) is 5.92. The van der Waals surface area contributed by atoms with Crippen molar-refractivity contribution >= 4 is 26.7 Å². The van der Waals surface area contributed by atoms with E-state index in [-0.39, 0.29) is 6.04 Å². The molecular weight excluding hydrogens is 326 g/mol. The van der Waals surface area contributed by atoms with Crippen LogP contribution >= 0.6 is 15.9 Å². The number of ether oxygens (including phenoxy) is 1. The molecule has 3 rings (SSSR count). The average Bonchev–Trinajstić information content (AvgIpc) is 3.00. The number of nitrogens with two attached hydrogens (primary N) is 1. The largest absolute Gasteiger partial charge is 0.378 e. The Morgan fingerprint density at radius 1 is 1.19 bits per heavy atom. The Bertz CT molecular complexity index is 607. The maximum absolute atomic E-state index is 6.35. The minimum absolute atomic E-state index is 0.124. The maximum atomic E-state index is 6.35. The predicted molar refractivity (Wildman–Crippen MR) is 91.4 cm³/mol. The van der Waals surface area contributed by atoms with Crippen LogP contribution in [0.5, 0.6) is 0 Å². The van der Waals surface area contributed by atoms with Crippen LogP contribution in [-0.2, 0) is 4.74 Å². The van der Waals surface area contributed by atoms with Gasteiger partial charge in [0.1, 0.15) is 0 Å². The molecule has 2 atom stereocenters. The SMILES string of the molecule is NC(CCCC1CCCO1)c1ccc2cc(Br)ccc2c1. The molecule has 1 fully saturated rings. The molecule has 21 heavy (non-hydrogen) atoms. The molecule has 0 aromatic heterocycles. The highest BCUT2D eigenvalue weighted by Crippen LogP contribution is 2.26. The van der Waals surface area contributed by atoms with Gasteiger partial charge in [-0.3, -0.25) is 0 Å². The molecule has 0 bridgehead atoms. The average molecular weight is 348 g/mol. The molecule has 0 amide bonds. The van der Waals surface area contributed by atoms with Crippen molar-refractivity contribution in [2.45, 2.75) is 44.2 Å². The number of hydrogen-bond donors (Lipinski definition) is 1. The summed E-state index contributed by atoms with van der Waals surface area (Å²) in [7, 11) is 0. The van der Waals surface area contributed by atoms with Crippen molar-refractivity contribution in [3.63, 3.8) is 0 Å². The molecule has 2 N–H and O–H groups in total. The lowest BCUT2D eigenvalue weighted by molar-refractivity contribution is 0.101. The van der Waals surface area contributed by atoms with Crippen LogP contribution in [0.25, 0.3) is 10.8 Å². The number of halogens is 1. The van der Waals surface area contributed by atoms with E-state index in [1.807, 2.05) is 0 Å². The summed E-state index contributed by atoms with van der Waals surface area (Å²) in [6, 6.07) is 13.0. The third-order valence-corrected chi connectivity index (χ3v) is 4.81. The molecule has 3 heteroatoms. The molecule has 1 aliphatic rings. The summed E-state index contributed by atoms with van der Waals surface area (Å²) >= 11 is 3.51. The van der Waals surface area contributed by atoms with Crippen LogP contribution in [0, 0.1) is 0 Å². The van der Waals surface area contributed by atoms with Gasteiger partial charge in [-0.05, 0) is 66.6 Å². The van der Waals surface area contributed by atoms with E-state index in [1.54, 1.807) is 0 Å². The Balaban J connectivity index is 1.61. The van der Waals surface area contributed by atoms with Crippen LogP contribution in [0.1, 0.15) is 43.7 Å². The summed E-state index contributed by atoms with van der Waals surface area (Å²) in [6.07, 6.45) is 6.24. The van der Waals surface area contributed by atoms with E-state index < -0.39 is 0 Å². The molecule has 0 saturated carbocycles. The highest BCUT2D eigenvalue weighted by molar-refractivity contribution is 9.10. The van der Waals surface area contributed by atoms with Crippen LogP contribution in [-0.4, -0.2) is 12.7 Å². The summed E-state index contributed by atoms with van der Waals surface area (Å²) in [5.74, 6) is 0. The molecule has 1 saturated heterocycles. The smallest absolute Gasteiger partial charge is 0.0576 e. The lowest BCUT2D eigenvalue weighted by Crippen LogP contribution is -2.12. The predicted octanol–water partition coefficient (Wildman–Crippen LogP) is 4.95. The molecule has 1 heterocycles. The minimum Gasteiger partial charge on any atom is -0.378 e. The van der Waals surface area contributed by atoms with Crippen molar-refractivity contribution in [1.82, 2.24) is 0 Å². The fourth-order valence-corrected chi connectivity index (χ4v) is 3.45. The van der Waals surface area contributed by atoms with Gasteiger partial charge in [-0.1, -0.05) is 34.1 Å². The summed E-state index contributed by atoms with van der Waals surface area (Å²) < 4.78 is 6.78. The fraction of sp³-hybridized carbons (Fsp3) is 0.444. The van der Waals surface area contributed by atoms with E-state index >= 15 is 0 Å². The summed E-state index contributed by atoms with van der Waals surface area (Å²) in [5.41, 5.74) is 7.58. The van der Waals surface area contributed by atoms with E-state index in [9.17, 15) is 0 Å². The van der Waals surface area contributed by atoms with Gasteiger partial charge in [0.2, 0.25) is 0 Å². The Labute approximate surface area is 134 Å². The molecule has 1 aliphatic heterocycles. The van der Waals surface area contributed by atoms with Crippen molar-refractivity contribution in [2.75, 3.05) is 6.61 Å². The van der Waals surface area contributed by atoms with Crippen molar-refractivity contribution in [3.8, 4) is 0 Å². The summed E-state index contributed by atoms with van der Waals surface area (Å²) in [5, 5.41) is 2.50. The van der Waals surface area contributed by atoms with Crippen LogP contribution in [0.3, 0.4) is 0 Å². The first-order chi connectivity index (χ1) is 10.2. The van der Waals surface area contributed by atoms with Crippen molar-refractivity contribution in [1.29, 1.82) is 0 Å². The third-order valence-electron chi connectivity index (χ3n) is 4.32. The Morgan fingerprint density at radius 2 is 2.00 bits per heavy atom. The van der Waals surface area contributed by atoms with Crippen LogP contribution in [0.4, 0.5) is 0 Å². The standard InChI is InChI=1S/C18H22BrNO/c19-16-9-8-13-11-15(7-6-14(13)12-16)18(20)5-1-3-17-4-2-10-21-17/h6-9,11-12,17-18H,1-5,10,20H2. The lowest BCUT2D eigenvalue weighted by atomic mass is 9.97. The molecule has 112 valence electrons. The third kappa shape index (κ3) is 3.85. The molecule has 2 aromatic carbocycles. The zero-order valence-corrected chi connectivity index (χ0v) is 13.8. The van der Waals surface area contributed by atoms with E-state index in [0.29, 0.717) is 6.10 Å². The molecule has 0 aliphatic carbocycles. The van der Waals surface area contributed by atoms with Crippen molar-refractivity contribution in [2.24, 2.45) is 5.73 Å². The Hall–Kier alpha value is -0.900. The second-order valence-corrected chi connectivity index (χ2v) is 6.84. The highest BCUT2D eigenvalue weighted by Gasteiger charge is 2.15. The monoisotopic (exact) mass is 347 g/mol. The van der Waals surface area contributed by atoms with Gasteiger partial charge >= 0.3 is 0 Å². The first-order valence-electron chi connectivity index (χ1n) is 7.79. The highest BCUT2D eigenvalue weighted by atomic mass is 79.9. The molecule has 2 unspecified atom stereocenters. The first kappa shape index (κ1) is 15.0. The zero-order valence-electron chi connectivity index (χ0n) is 12.2. The fourth-order valence-electron chi connectivity index (χ4n) is 3.07. The first-order valence-corrected chi connectivity index (χ1v) is 8.58. The molecule has 2 nitrogen and oxygen atoms in total. The van der Waals surface area contributed by atoms with Crippen LogP contribution < -0.4 is 5.73 Å². The lowest BCUT2D eigenvalue weighted by Gasteiger charge is -2.14. The number of hydrogen-bond acceptors (Lipinski definition) is 2. The zero-order chi connectivity index (χ0) is 14.7. The van der Waals surface area contributed by atoms with E-state index in [0.717, 1.165) is 30.3 Å². The summed E-state index contributed by atoms with van der Waals surface area (Å²) in [4.78, 5) is 0. The quantitative estimate of drug-likeness (QED) is 0.830. The molecular formula is C18H22BrNO. The molecule has 2 aromatic rings. The van der Waals surface area contributed by atoms with Gasteiger partial charge in [0.05, 0.1) is 6.10 Å². The molecule has 0 radical (unpaired) electrons. The van der Waals surface area contributed by atoms with Gasteiger partial charge in [0.25, 0.3) is 0 Å². The van der Waals surface area contributed by atoms with E-state index in [4.69, 9.17) is 10.5 Å². The van der Waals surface area contributed by atoms with Crippen LogP contribution in [0.15, 0.2) is 40.9 Å². The van der Waals surface area contributed by atoms with Crippen molar-refractivity contribution in [3.05, 3.63) is 46.4 Å². The Kier molecular flexibility index (Phi) is 4.94. The van der Waals surface area contributed by atoms with Gasteiger partial charge in [0, 0.05) is 17.1 Å². The number of rotatable bonds is 5. The van der Waals surface area contributed by atoms with Gasteiger partial charge < -0.3 is 10.5 Å². The van der Waals surface area contributed by atoms with E-state index in [1.165, 1.54) is 29.2 Å². The topological polar surface area (TPSA) is 35.2 Å². The number of fused-ring (bicyclic) bond motifs is 1. The van der Waals surface area contributed by atoms with Crippen molar-refractivity contribution < 1.29 is 4.74 Å². The normalized spacial score (nSPS) is 20.0. The minimum atomic E-state index is 0.124. The van der Waals surface area contributed by atoms with Crippen LogP contribution in [0.2, 0.25) is 0 Å². The van der Waals surface area contributed by atoms with Gasteiger partial charge in [-0.25, -0.2) is 0 Å². The van der Waals surface area contributed by atoms with E-state index in [2.05, 4.69) is 52.3 Å². The van der Waals surface area contributed by atoms with Gasteiger partial charge in [0.15, 0.2) is 0 Å². The molecule has 0 spiro atoms.